The Morgan fingerprint density at radius 1 is 0.923 bits per heavy atom. The van der Waals surface area contributed by atoms with Crippen molar-refractivity contribution in [1.29, 1.82) is 0 Å². The average Bonchev–Trinajstić information content (AvgIpc) is 2.95. The summed E-state index contributed by atoms with van der Waals surface area (Å²) in [5, 5.41) is 2.87. The monoisotopic (exact) mass is 172 g/mol. The fourth-order valence-corrected chi connectivity index (χ4v) is 1.89. The third-order valence-corrected chi connectivity index (χ3v) is 2.67. The van der Waals surface area contributed by atoms with Crippen molar-refractivity contribution >= 4 is 12.2 Å². The first-order valence-corrected chi connectivity index (χ1v) is 5.22. The molecule has 2 aliphatic carbocycles. The van der Waals surface area contributed by atoms with E-state index in [1.165, 1.54) is 16.9 Å². The first-order valence-electron chi connectivity index (χ1n) is 5.22. The topological polar surface area (TPSA) is 0 Å². The second-order valence-electron chi connectivity index (χ2n) is 3.53. The molecule has 2 unspecified atom stereocenters. The molecule has 1 aromatic carbocycles. The van der Waals surface area contributed by atoms with E-state index in [-0.39, 0.29) is 0 Å². The predicted octanol–water partition coefficient (Wildman–Crippen LogP) is 1.92. The zero-order valence-electron chi connectivity index (χ0n) is 8.33. The van der Waals surface area contributed by atoms with Crippen molar-refractivity contribution < 1.29 is 0 Å². The number of hydrogen-bond donors (Lipinski definition) is 0. The number of fused-ring (bicyclic) bond motifs is 2. The zero-order chi connectivity index (χ0) is 9.26. The summed E-state index contributed by atoms with van der Waals surface area (Å²) in [5.74, 6) is 1.76. The largest absolute Gasteiger partial charge is 0.0729 e. The lowest BCUT2D eigenvalue weighted by Crippen LogP contribution is -2.26. The molecule has 1 saturated carbocycles. The number of benzene rings is 1. The fraction of sp³-hybridized carbons (Fsp3) is 0.385. The van der Waals surface area contributed by atoms with Crippen LogP contribution in [0.15, 0.2) is 24.3 Å². The average molecular weight is 172 g/mol. The van der Waals surface area contributed by atoms with E-state index < -0.39 is 0 Å². The summed E-state index contributed by atoms with van der Waals surface area (Å²) >= 11 is 0. The van der Waals surface area contributed by atoms with Gasteiger partial charge in [0, 0.05) is 0 Å². The predicted molar refractivity (Wildman–Crippen MR) is 57.6 cm³/mol. The molecule has 0 heterocycles. The lowest BCUT2D eigenvalue weighted by Gasteiger charge is -1.96. The van der Waals surface area contributed by atoms with Gasteiger partial charge in [0.1, 0.15) is 0 Å². The van der Waals surface area contributed by atoms with Gasteiger partial charge in [-0.05, 0) is 28.7 Å². The van der Waals surface area contributed by atoms with Crippen molar-refractivity contribution in [3.05, 3.63) is 34.7 Å². The molecule has 68 valence electrons. The summed E-state index contributed by atoms with van der Waals surface area (Å²) in [6.45, 7) is 4.00. The highest BCUT2D eigenvalue weighted by Crippen LogP contribution is 2.41. The summed E-state index contributed by atoms with van der Waals surface area (Å²) < 4.78 is 0. The van der Waals surface area contributed by atoms with E-state index in [9.17, 15) is 0 Å². The van der Waals surface area contributed by atoms with Gasteiger partial charge in [0.2, 0.25) is 0 Å². The second-order valence-corrected chi connectivity index (χ2v) is 3.53. The minimum atomic E-state index is 0.880. The highest BCUT2D eigenvalue weighted by atomic mass is 14.4. The summed E-state index contributed by atoms with van der Waals surface area (Å²) in [5.41, 5.74) is 0. The molecule has 0 nitrogen and oxygen atoms in total. The molecule has 1 fully saturated rings. The molecular weight excluding hydrogens is 156 g/mol. The first-order chi connectivity index (χ1) is 6.43. The van der Waals surface area contributed by atoms with Crippen molar-refractivity contribution in [2.75, 3.05) is 0 Å². The van der Waals surface area contributed by atoms with Gasteiger partial charge in [-0.1, -0.05) is 50.3 Å². The van der Waals surface area contributed by atoms with Gasteiger partial charge in [-0.25, -0.2) is 0 Å². The van der Waals surface area contributed by atoms with Crippen molar-refractivity contribution in [2.45, 2.75) is 20.3 Å². The minimum absolute atomic E-state index is 0.880. The molecule has 3 rings (SSSR count). The highest BCUT2D eigenvalue weighted by Gasteiger charge is 2.33. The van der Waals surface area contributed by atoms with E-state index >= 15 is 0 Å². The normalized spacial score (nSPS) is 26.6. The van der Waals surface area contributed by atoms with Crippen molar-refractivity contribution in [2.24, 2.45) is 11.8 Å². The maximum absolute atomic E-state index is 2.42. The van der Waals surface area contributed by atoms with Crippen LogP contribution in [0.4, 0.5) is 0 Å². The van der Waals surface area contributed by atoms with E-state index in [0.29, 0.717) is 0 Å². The van der Waals surface area contributed by atoms with Crippen molar-refractivity contribution in [3.63, 3.8) is 0 Å². The van der Waals surface area contributed by atoms with Crippen LogP contribution in [0, 0.1) is 11.8 Å². The molecule has 2 atom stereocenters. The summed E-state index contributed by atoms with van der Waals surface area (Å²) in [6, 6.07) is 8.65. The van der Waals surface area contributed by atoms with Gasteiger partial charge in [-0.2, -0.15) is 0 Å². The molecule has 0 aromatic heterocycles. The van der Waals surface area contributed by atoms with Crippen LogP contribution in [-0.4, -0.2) is 0 Å². The third-order valence-electron chi connectivity index (χ3n) is 2.67. The lowest BCUT2D eigenvalue weighted by molar-refractivity contribution is 1.06. The molecule has 0 amide bonds. The van der Waals surface area contributed by atoms with Crippen LogP contribution in [0.2, 0.25) is 0 Å². The van der Waals surface area contributed by atoms with E-state index in [2.05, 4.69) is 36.4 Å². The molecule has 0 aliphatic heterocycles. The molecular formula is C13H16. The Kier molecular flexibility index (Phi) is 2.22. The molecule has 0 heteroatoms. The van der Waals surface area contributed by atoms with E-state index in [1.807, 2.05) is 13.8 Å². The number of rotatable bonds is 0. The van der Waals surface area contributed by atoms with E-state index in [0.717, 1.165) is 11.8 Å². The SMILES string of the molecule is C1=c2ccccc2=CC2CC12.CC. The third kappa shape index (κ3) is 1.53. The van der Waals surface area contributed by atoms with Crippen LogP contribution >= 0.6 is 0 Å². The van der Waals surface area contributed by atoms with Gasteiger partial charge >= 0.3 is 0 Å². The van der Waals surface area contributed by atoms with E-state index in [4.69, 9.17) is 0 Å². The van der Waals surface area contributed by atoms with Gasteiger partial charge in [-0.15, -0.1) is 0 Å². The van der Waals surface area contributed by atoms with Crippen LogP contribution in [0.3, 0.4) is 0 Å². The standard InChI is InChI=1S/C11H10.C2H6/c1-2-4-9-6-11-7-10(11)5-8(9)3-1;1-2/h1-6,10-11H,7H2;1-2H3. The Morgan fingerprint density at radius 3 is 1.85 bits per heavy atom. The van der Waals surface area contributed by atoms with Crippen molar-refractivity contribution in [3.8, 4) is 0 Å². The van der Waals surface area contributed by atoms with Gasteiger partial charge in [0.05, 0.1) is 0 Å². The molecule has 0 radical (unpaired) electrons. The maximum atomic E-state index is 2.42. The molecule has 0 N–H and O–H groups in total. The quantitative estimate of drug-likeness (QED) is 0.561. The van der Waals surface area contributed by atoms with Gasteiger partial charge in [-0.3, -0.25) is 0 Å². The molecule has 0 bridgehead atoms. The fourth-order valence-electron chi connectivity index (χ4n) is 1.89. The molecule has 0 spiro atoms. The summed E-state index contributed by atoms with van der Waals surface area (Å²) in [4.78, 5) is 0. The van der Waals surface area contributed by atoms with Crippen molar-refractivity contribution in [1.82, 2.24) is 0 Å². The smallest absolute Gasteiger partial charge is 0.0155 e. The molecule has 1 aromatic rings. The molecule has 2 aliphatic rings. The van der Waals surface area contributed by atoms with Gasteiger partial charge in [0.25, 0.3) is 0 Å². The maximum Gasteiger partial charge on any atom is -0.0155 e. The zero-order valence-corrected chi connectivity index (χ0v) is 8.33. The number of hydrogen-bond acceptors (Lipinski definition) is 0. The van der Waals surface area contributed by atoms with Crippen LogP contribution in [0.5, 0.6) is 0 Å². The Bertz CT molecular complexity index is 361. The Hall–Kier alpha value is -1.04. The van der Waals surface area contributed by atoms with Crippen LogP contribution in [-0.2, 0) is 0 Å². The lowest BCUT2D eigenvalue weighted by atomic mass is 10.1. The first kappa shape index (κ1) is 8.55. The van der Waals surface area contributed by atoms with Gasteiger partial charge < -0.3 is 0 Å². The minimum Gasteiger partial charge on any atom is -0.0729 e. The van der Waals surface area contributed by atoms with Crippen LogP contribution in [0.1, 0.15) is 20.3 Å². The highest BCUT2D eigenvalue weighted by molar-refractivity contribution is 5.49. The van der Waals surface area contributed by atoms with Crippen LogP contribution < -0.4 is 10.4 Å². The Labute approximate surface area is 79.6 Å². The molecule has 13 heavy (non-hydrogen) atoms. The Balaban J connectivity index is 0.000000308. The summed E-state index contributed by atoms with van der Waals surface area (Å²) in [7, 11) is 0. The second kappa shape index (κ2) is 3.37. The molecule has 0 saturated heterocycles. The van der Waals surface area contributed by atoms with E-state index in [1.54, 1.807) is 0 Å². The van der Waals surface area contributed by atoms with Gasteiger partial charge in [0.15, 0.2) is 0 Å². The Morgan fingerprint density at radius 2 is 1.38 bits per heavy atom. The summed E-state index contributed by atoms with van der Waals surface area (Å²) in [6.07, 6.45) is 6.22. The van der Waals surface area contributed by atoms with Crippen LogP contribution in [0.25, 0.3) is 12.2 Å².